The van der Waals surface area contributed by atoms with E-state index in [9.17, 15) is 14.7 Å². The topological polar surface area (TPSA) is 70.1 Å². The summed E-state index contributed by atoms with van der Waals surface area (Å²) in [6.07, 6.45) is -0.571. The average Bonchev–Trinajstić information content (AvgIpc) is 2.47. The van der Waals surface area contributed by atoms with Crippen LogP contribution in [0.4, 0.5) is 4.79 Å². The summed E-state index contributed by atoms with van der Waals surface area (Å²) in [5.74, 6) is -1.01. The van der Waals surface area contributed by atoms with E-state index >= 15 is 0 Å². The second-order valence-corrected chi connectivity index (χ2v) is 7.81. The molecule has 1 aromatic carbocycles. The van der Waals surface area contributed by atoms with Gasteiger partial charge in [-0.05, 0) is 38.5 Å². The quantitative estimate of drug-likeness (QED) is 0.847. The molecule has 0 saturated carbocycles. The SMILES string of the molecule is CC(C)(C)OC(=O)N1CCN(Cc2ccc(Br)cc2)CC1C(=O)O. The van der Waals surface area contributed by atoms with Gasteiger partial charge in [-0.25, -0.2) is 9.59 Å². The first-order chi connectivity index (χ1) is 11.2. The van der Waals surface area contributed by atoms with Crippen LogP contribution in [0.3, 0.4) is 0 Å². The number of piperazine rings is 1. The molecule has 7 heteroatoms. The normalized spacial score (nSPS) is 19.2. The molecule has 6 nitrogen and oxygen atoms in total. The first-order valence-corrected chi connectivity index (χ1v) is 8.64. The van der Waals surface area contributed by atoms with Crippen LogP contribution in [0, 0.1) is 0 Å². The summed E-state index contributed by atoms with van der Waals surface area (Å²) in [7, 11) is 0. The van der Waals surface area contributed by atoms with Crippen molar-refractivity contribution in [3.63, 3.8) is 0 Å². The molecule has 132 valence electrons. The molecular formula is C17H23BrN2O4. The van der Waals surface area contributed by atoms with E-state index in [-0.39, 0.29) is 6.54 Å². The van der Waals surface area contributed by atoms with Crippen LogP contribution in [0.15, 0.2) is 28.7 Å². The molecule has 0 radical (unpaired) electrons. The van der Waals surface area contributed by atoms with Gasteiger partial charge in [0.2, 0.25) is 0 Å². The van der Waals surface area contributed by atoms with E-state index in [4.69, 9.17) is 4.74 Å². The van der Waals surface area contributed by atoms with Crippen LogP contribution in [0.5, 0.6) is 0 Å². The van der Waals surface area contributed by atoms with Gasteiger partial charge in [0.25, 0.3) is 0 Å². The van der Waals surface area contributed by atoms with Gasteiger partial charge in [-0.3, -0.25) is 9.80 Å². The third-order valence-corrected chi connectivity index (χ3v) is 4.23. The second-order valence-electron chi connectivity index (χ2n) is 6.89. The Balaban J connectivity index is 2.03. The molecule has 1 aromatic rings. The van der Waals surface area contributed by atoms with Crippen LogP contribution in [0.2, 0.25) is 0 Å². The molecule has 1 aliphatic heterocycles. The number of hydrogen-bond acceptors (Lipinski definition) is 4. The van der Waals surface area contributed by atoms with Gasteiger partial charge in [-0.1, -0.05) is 28.1 Å². The fourth-order valence-electron chi connectivity index (χ4n) is 2.58. The molecule has 1 heterocycles. The van der Waals surface area contributed by atoms with Crippen molar-refractivity contribution in [1.82, 2.24) is 9.80 Å². The first kappa shape index (κ1) is 18.7. The number of carboxylic acid groups (broad SMARTS) is 1. The zero-order valence-electron chi connectivity index (χ0n) is 14.2. The number of ether oxygens (including phenoxy) is 1. The fraction of sp³-hybridized carbons (Fsp3) is 0.529. The molecule has 1 saturated heterocycles. The lowest BCUT2D eigenvalue weighted by Crippen LogP contribution is -2.58. The van der Waals surface area contributed by atoms with Crippen molar-refractivity contribution in [3.05, 3.63) is 34.3 Å². The zero-order valence-corrected chi connectivity index (χ0v) is 15.7. The number of amides is 1. The Hall–Kier alpha value is -1.60. The van der Waals surface area contributed by atoms with Crippen LogP contribution in [0.1, 0.15) is 26.3 Å². The summed E-state index contributed by atoms with van der Waals surface area (Å²) >= 11 is 3.40. The van der Waals surface area contributed by atoms with Crippen LogP contribution >= 0.6 is 15.9 Å². The van der Waals surface area contributed by atoms with Gasteiger partial charge in [0.15, 0.2) is 0 Å². The van der Waals surface area contributed by atoms with E-state index in [1.54, 1.807) is 20.8 Å². The van der Waals surface area contributed by atoms with Crippen molar-refractivity contribution in [1.29, 1.82) is 0 Å². The molecule has 1 atom stereocenters. The van der Waals surface area contributed by atoms with Crippen molar-refractivity contribution in [2.75, 3.05) is 19.6 Å². The number of carbonyl (C=O) groups is 2. The summed E-state index contributed by atoms with van der Waals surface area (Å²) < 4.78 is 6.33. The molecule has 24 heavy (non-hydrogen) atoms. The molecule has 0 bridgehead atoms. The van der Waals surface area contributed by atoms with E-state index in [1.807, 2.05) is 29.2 Å². The summed E-state index contributed by atoms with van der Waals surface area (Å²) in [4.78, 5) is 27.2. The van der Waals surface area contributed by atoms with Crippen molar-refractivity contribution >= 4 is 28.0 Å². The average molecular weight is 399 g/mol. The van der Waals surface area contributed by atoms with Crippen molar-refractivity contribution < 1.29 is 19.4 Å². The molecule has 0 aliphatic carbocycles. The standard InChI is InChI=1S/C17H23BrN2O4/c1-17(2,3)24-16(23)20-9-8-19(11-14(20)15(21)22)10-12-4-6-13(18)7-5-12/h4-7,14H,8-11H2,1-3H3,(H,21,22). The van der Waals surface area contributed by atoms with Gasteiger partial charge in [-0.15, -0.1) is 0 Å². The number of benzene rings is 1. The number of rotatable bonds is 3. The highest BCUT2D eigenvalue weighted by molar-refractivity contribution is 9.10. The molecule has 0 spiro atoms. The predicted molar refractivity (Wildman–Crippen MR) is 93.8 cm³/mol. The molecule has 1 amide bonds. The van der Waals surface area contributed by atoms with Crippen molar-refractivity contribution in [3.8, 4) is 0 Å². The second kappa shape index (κ2) is 7.53. The van der Waals surface area contributed by atoms with Gasteiger partial charge in [0.1, 0.15) is 11.6 Å². The molecule has 0 aromatic heterocycles. The molecule has 2 rings (SSSR count). The molecule has 1 aliphatic rings. The smallest absolute Gasteiger partial charge is 0.411 e. The maximum absolute atomic E-state index is 12.2. The van der Waals surface area contributed by atoms with Gasteiger partial charge < -0.3 is 9.84 Å². The number of carbonyl (C=O) groups excluding carboxylic acids is 1. The summed E-state index contributed by atoms with van der Waals surface area (Å²) in [5, 5.41) is 9.49. The van der Waals surface area contributed by atoms with E-state index < -0.39 is 23.7 Å². The Morgan fingerprint density at radius 2 is 1.88 bits per heavy atom. The maximum atomic E-state index is 12.2. The summed E-state index contributed by atoms with van der Waals surface area (Å²) in [6, 6.07) is 7.02. The third-order valence-electron chi connectivity index (χ3n) is 3.70. The van der Waals surface area contributed by atoms with Crippen LogP contribution in [0.25, 0.3) is 0 Å². The molecule has 1 unspecified atom stereocenters. The van der Waals surface area contributed by atoms with Gasteiger partial charge in [0, 0.05) is 30.7 Å². The lowest BCUT2D eigenvalue weighted by atomic mass is 10.1. The zero-order chi connectivity index (χ0) is 17.9. The Morgan fingerprint density at radius 3 is 2.42 bits per heavy atom. The third kappa shape index (κ3) is 5.21. The van der Waals surface area contributed by atoms with Crippen LogP contribution in [-0.4, -0.2) is 58.2 Å². The minimum atomic E-state index is -1.01. The van der Waals surface area contributed by atoms with E-state index in [0.717, 1.165) is 10.0 Å². The molecule has 1 fully saturated rings. The summed E-state index contributed by atoms with van der Waals surface area (Å²) in [6.45, 7) is 7.19. The van der Waals surface area contributed by atoms with E-state index in [0.29, 0.717) is 19.6 Å². The Labute approximate surface area is 150 Å². The lowest BCUT2D eigenvalue weighted by Gasteiger charge is -2.39. The molecule has 1 N–H and O–H groups in total. The van der Waals surface area contributed by atoms with Crippen LogP contribution in [-0.2, 0) is 16.1 Å². The minimum absolute atomic E-state index is 0.282. The highest BCUT2D eigenvalue weighted by Crippen LogP contribution is 2.18. The van der Waals surface area contributed by atoms with Crippen molar-refractivity contribution in [2.45, 2.75) is 39.0 Å². The van der Waals surface area contributed by atoms with E-state index in [1.165, 1.54) is 4.90 Å². The number of hydrogen-bond donors (Lipinski definition) is 1. The Morgan fingerprint density at radius 1 is 1.25 bits per heavy atom. The number of nitrogens with zero attached hydrogens (tertiary/aromatic N) is 2. The predicted octanol–water partition coefficient (Wildman–Crippen LogP) is 2.96. The first-order valence-electron chi connectivity index (χ1n) is 7.85. The summed E-state index contributed by atoms with van der Waals surface area (Å²) in [5.41, 5.74) is 0.461. The highest BCUT2D eigenvalue weighted by atomic mass is 79.9. The van der Waals surface area contributed by atoms with Gasteiger partial charge in [0.05, 0.1) is 0 Å². The maximum Gasteiger partial charge on any atom is 0.411 e. The fourth-order valence-corrected chi connectivity index (χ4v) is 2.85. The van der Waals surface area contributed by atoms with Crippen molar-refractivity contribution in [2.24, 2.45) is 0 Å². The molecular weight excluding hydrogens is 376 g/mol. The van der Waals surface area contributed by atoms with Gasteiger partial charge in [-0.2, -0.15) is 0 Å². The number of aliphatic carboxylic acids is 1. The van der Waals surface area contributed by atoms with E-state index in [2.05, 4.69) is 15.9 Å². The van der Waals surface area contributed by atoms with Crippen LogP contribution < -0.4 is 0 Å². The number of carboxylic acids is 1. The highest BCUT2D eigenvalue weighted by Gasteiger charge is 2.37. The Kier molecular flexibility index (Phi) is 5.87. The lowest BCUT2D eigenvalue weighted by molar-refractivity contribution is -0.145. The Bertz CT molecular complexity index is 598. The minimum Gasteiger partial charge on any atom is -0.480 e. The largest absolute Gasteiger partial charge is 0.480 e. The van der Waals surface area contributed by atoms with Gasteiger partial charge >= 0.3 is 12.1 Å². The number of halogens is 1. The monoisotopic (exact) mass is 398 g/mol.